The maximum atomic E-state index is 11.8. The first-order valence-electron chi connectivity index (χ1n) is 6.68. The molecule has 0 saturated heterocycles. The van der Waals surface area contributed by atoms with Crippen LogP contribution in [-0.2, 0) is 9.59 Å². The number of halogens is 1. The number of carbonyl (C=O) groups excluding carboxylic acids is 2. The molecule has 108 valence electrons. The summed E-state index contributed by atoms with van der Waals surface area (Å²) in [4.78, 5) is 24.4. The standard InChI is InChI=1S/C14H17BrN2O2S/c15-12-8-6-11(20-12)7-9-13(18)16-17-14(19)10-4-2-1-3-5-10/h6-10H,1-5H2,(H,16,18)(H,17,19)/b9-7+. The van der Waals surface area contributed by atoms with Crippen molar-refractivity contribution in [3.05, 3.63) is 26.9 Å². The minimum atomic E-state index is -0.321. The third-order valence-corrected chi connectivity index (χ3v) is 4.87. The summed E-state index contributed by atoms with van der Waals surface area (Å²) < 4.78 is 1.02. The van der Waals surface area contributed by atoms with E-state index in [0.717, 1.165) is 34.3 Å². The number of nitrogens with one attached hydrogen (secondary N) is 2. The molecule has 1 aromatic rings. The van der Waals surface area contributed by atoms with Gasteiger partial charge in [0.15, 0.2) is 0 Å². The Bertz CT molecular complexity index is 507. The maximum Gasteiger partial charge on any atom is 0.262 e. The first kappa shape index (κ1) is 15.3. The van der Waals surface area contributed by atoms with Crippen molar-refractivity contribution in [1.29, 1.82) is 0 Å². The first-order chi connectivity index (χ1) is 9.65. The highest BCUT2D eigenvalue weighted by Gasteiger charge is 2.20. The smallest absolute Gasteiger partial charge is 0.262 e. The third kappa shape index (κ3) is 4.76. The molecular formula is C14H17BrN2O2S. The molecule has 0 bridgehead atoms. The van der Waals surface area contributed by atoms with Gasteiger partial charge in [-0.05, 0) is 47.0 Å². The molecule has 0 radical (unpaired) electrons. The van der Waals surface area contributed by atoms with Crippen LogP contribution in [-0.4, -0.2) is 11.8 Å². The summed E-state index contributed by atoms with van der Waals surface area (Å²) in [5.74, 6) is -0.356. The van der Waals surface area contributed by atoms with Crippen LogP contribution < -0.4 is 10.9 Å². The fourth-order valence-corrected chi connectivity index (χ4v) is 3.53. The van der Waals surface area contributed by atoms with E-state index in [1.807, 2.05) is 12.1 Å². The Morgan fingerprint density at radius 1 is 1.20 bits per heavy atom. The lowest BCUT2D eigenvalue weighted by atomic mass is 9.89. The molecule has 1 aromatic heterocycles. The summed E-state index contributed by atoms with van der Waals surface area (Å²) in [7, 11) is 0. The van der Waals surface area contributed by atoms with E-state index in [4.69, 9.17) is 0 Å². The largest absolute Gasteiger partial charge is 0.273 e. The van der Waals surface area contributed by atoms with Gasteiger partial charge in [-0.1, -0.05) is 19.3 Å². The lowest BCUT2D eigenvalue weighted by molar-refractivity contribution is -0.130. The summed E-state index contributed by atoms with van der Waals surface area (Å²) in [6, 6.07) is 3.84. The van der Waals surface area contributed by atoms with E-state index in [0.29, 0.717) is 0 Å². The molecule has 0 unspecified atom stereocenters. The van der Waals surface area contributed by atoms with E-state index in [1.54, 1.807) is 6.08 Å². The lowest BCUT2D eigenvalue weighted by Gasteiger charge is -2.20. The van der Waals surface area contributed by atoms with Crippen LogP contribution in [0.4, 0.5) is 0 Å². The Hall–Kier alpha value is -1.14. The molecule has 1 fully saturated rings. The molecule has 20 heavy (non-hydrogen) atoms. The molecule has 2 rings (SSSR count). The van der Waals surface area contributed by atoms with E-state index in [9.17, 15) is 9.59 Å². The van der Waals surface area contributed by atoms with E-state index in [1.165, 1.54) is 23.8 Å². The fraction of sp³-hybridized carbons (Fsp3) is 0.429. The number of hydrogen-bond donors (Lipinski definition) is 2. The fourth-order valence-electron chi connectivity index (χ4n) is 2.21. The second-order valence-corrected chi connectivity index (χ2v) is 7.28. The first-order valence-corrected chi connectivity index (χ1v) is 8.29. The molecule has 0 atom stereocenters. The average molecular weight is 357 g/mol. The van der Waals surface area contributed by atoms with Gasteiger partial charge >= 0.3 is 0 Å². The zero-order valence-corrected chi connectivity index (χ0v) is 13.4. The van der Waals surface area contributed by atoms with Crippen LogP contribution in [0.1, 0.15) is 37.0 Å². The Kier molecular flexibility index (Phi) is 5.79. The van der Waals surface area contributed by atoms with Crippen molar-refractivity contribution in [1.82, 2.24) is 10.9 Å². The monoisotopic (exact) mass is 356 g/mol. The molecule has 0 spiro atoms. The van der Waals surface area contributed by atoms with Gasteiger partial charge in [0.05, 0.1) is 3.79 Å². The number of carbonyl (C=O) groups is 2. The third-order valence-electron chi connectivity index (χ3n) is 3.28. The molecule has 1 heterocycles. The zero-order chi connectivity index (χ0) is 14.4. The number of hydrogen-bond acceptors (Lipinski definition) is 3. The highest BCUT2D eigenvalue weighted by molar-refractivity contribution is 9.11. The molecule has 1 aliphatic rings. The predicted molar refractivity (Wildman–Crippen MR) is 83.9 cm³/mol. The molecule has 6 heteroatoms. The van der Waals surface area contributed by atoms with Gasteiger partial charge in [0.2, 0.25) is 5.91 Å². The molecular weight excluding hydrogens is 340 g/mol. The van der Waals surface area contributed by atoms with Crippen LogP contribution >= 0.6 is 27.3 Å². The molecule has 1 aliphatic carbocycles. The van der Waals surface area contributed by atoms with Crippen molar-refractivity contribution in [2.24, 2.45) is 5.92 Å². The Labute approximate surface area is 130 Å². The molecule has 0 aliphatic heterocycles. The van der Waals surface area contributed by atoms with E-state index in [2.05, 4.69) is 26.8 Å². The van der Waals surface area contributed by atoms with Crippen LogP contribution in [0.25, 0.3) is 6.08 Å². The van der Waals surface area contributed by atoms with Gasteiger partial charge in [0.25, 0.3) is 5.91 Å². The highest BCUT2D eigenvalue weighted by Crippen LogP contribution is 2.23. The normalized spacial score (nSPS) is 16.2. The van der Waals surface area contributed by atoms with Crippen LogP contribution in [0, 0.1) is 5.92 Å². The van der Waals surface area contributed by atoms with Gasteiger partial charge in [-0.2, -0.15) is 0 Å². The summed E-state index contributed by atoms with van der Waals surface area (Å²) in [5, 5.41) is 0. The minimum Gasteiger partial charge on any atom is -0.273 e. The van der Waals surface area contributed by atoms with Crippen LogP contribution in [0.2, 0.25) is 0 Å². The van der Waals surface area contributed by atoms with Crippen molar-refractivity contribution >= 4 is 45.2 Å². The number of thiophene rings is 1. The SMILES string of the molecule is O=C(/C=C/c1ccc(Br)s1)NNC(=O)C1CCCCC1. The summed E-state index contributed by atoms with van der Waals surface area (Å²) in [6.07, 6.45) is 8.37. The second kappa shape index (κ2) is 7.59. The van der Waals surface area contributed by atoms with Gasteiger partial charge < -0.3 is 0 Å². The van der Waals surface area contributed by atoms with Crippen molar-refractivity contribution in [2.75, 3.05) is 0 Å². The predicted octanol–water partition coefficient (Wildman–Crippen LogP) is 3.25. The number of rotatable bonds is 3. The summed E-state index contributed by atoms with van der Waals surface area (Å²) in [5.41, 5.74) is 4.92. The Morgan fingerprint density at radius 2 is 1.95 bits per heavy atom. The van der Waals surface area contributed by atoms with Crippen molar-refractivity contribution in [2.45, 2.75) is 32.1 Å². The van der Waals surface area contributed by atoms with E-state index < -0.39 is 0 Å². The van der Waals surface area contributed by atoms with Gasteiger partial charge in [-0.25, -0.2) is 0 Å². The highest BCUT2D eigenvalue weighted by atomic mass is 79.9. The van der Waals surface area contributed by atoms with Crippen molar-refractivity contribution in [3.63, 3.8) is 0 Å². The van der Waals surface area contributed by atoms with Crippen LogP contribution in [0.3, 0.4) is 0 Å². The van der Waals surface area contributed by atoms with Crippen LogP contribution in [0.15, 0.2) is 22.0 Å². The van der Waals surface area contributed by atoms with Crippen molar-refractivity contribution < 1.29 is 9.59 Å². The number of hydrazine groups is 1. The topological polar surface area (TPSA) is 58.2 Å². The quantitative estimate of drug-likeness (QED) is 0.645. The Morgan fingerprint density at radius 3 is 2.60 bits per heavy atom. The molecule has 4 nitrogen and oxygen atoms in total. The second-order valence-electron chi connectivity index (χ2n) is 4.79. The van der Waals surface area contributed by atoms with Crippen molar-refractivity contribution in [3.8, 4) is 0 Å². The van der Waals surface area contributed by atoms with E-state index in [-0.39, 0.29) is 17.7 Å². The van der Waals surface area contributed by atoms with Gasteiger partial charge in [0.1, 0.15) is 0 Å². The minimum absolute atomic E-state index is 0.0429. The number of amides is 2. The maximum absolute atomic E-state index is 11.8. The summed E-state index contributed by atoms with van der Waals surface area (Å²) >= 11 is 4.90. The molecule has 2 amide bonds. The average Bonchev–Trinajstić information content (AvgIpc) is 2.89. The zero-order valence-electron chi connectivity index (χ0n) is 11.0. The Balaban J connectivity index is 1.74. The van der Waals surface area contributed by atoms with Crippen LogP contribution in [0.5, 0.6) is 0 Å². The van der Waals surface area contributed by atoms with Gasteiger partial charge in [-0.3, -0.25) is 20.4 Å². The molecule has 0 aromatic carbocycles. The van der Waals surface area contributed by atoms with E-state index >= 15 is 0 Å². The molecule has 1 saturated carbocycles. The van der Waals surface area contributed by atoms with Gasteiger partial charge in [0, 0.05) is 16.9 Å². The van der Waals surface area contributed by atoms with Gasteiger partial charge in [-0.15, -0.1) is 11.3 Å². The molecule has 2 N–H and O–H groups in total. The lowest BCUT2D eigenvalue weighted by Crippen LogP contribution is -2.44. The summed E-state index contributed by atoms with van der Waals surface area (Å²) in [6.45, 7) is 0.